The van der Waals surface area contributed by atoms with Gasteiger partial charge in [-0.15, -0.1) is 0 Å². The Morgan fingerprint density at radius 3 is 2.77 bits per heavy atom. The summed E-state index contributed by atoms with van der Waals surface area (Å²) in [6, 6.07) is 5.71. The van der Waals surface area contributed by atoms with Gasteiger partial charge in [0.05, 0.1) is 23.7 Å². The predicted octanol–water partition coefficient (Wildman–Crippen LogP) is 0.966. The van der Waals surface area contributed by atoms with Crippen LogP contribution in [-0.4, -0.2) is 65.9 Å². The molecular formula is C17H22N4O4S. The van der Waals surface area contributed by atoms with E-state index in [1.54, 1.807) is 4.68 Å². The number of fused-ring (bicyclic) bond motifs is 1. The third-order valence-electron chi connectivity index (χ3n) is 4.77. The lowest BCUT2D eigenvalue weighted by atomic mass is 10.2. The molecule has 0 aliphatic carbocycles. The summed E-state index contributed by atoms with van der Waals surface area (Å²) in [7, 11) is -0.981. The Bertz CT molecular complexity index is 925. The Balaban J connectivity index is 1.59. The van der Waals surface area contributed by atoms with Gasteiger partial charge in [-0.2, -0.15) is 5.10 Å². The highest BCUT2D eigenvalue weighted by atomic mass is 32.2. The molecule has 0 radical (unpaired) electrons. The molecule has 1 aromatic heterocycles. The van der Waals surface area contributed by atoms with Gasteiger partial charge >= 0.3 is 0 Å². The molecule has 26 heavy (non-hydrogen) atoms. The third kappa shape index (κ3) is 3.41. The maximum atomic E-state index is 11.7. The quantitative estimate of drug-likeness (QED) is 0.783. The van der Waals surface area contributed by atoms with Crippen LogP contribution in [0.5, 0.6) is 11.5 Å². The first-order chi connectivity index (χ1) is 12.4. The van der Waals surface area contributed by atoms with Crippen LogP contribution in [0.25, 0.3) is 5.69 Å². The highest BCUT2D eigenvalue weighted by molar-refractivity contribution is 7.91. The smallest absolute Gasteiger partial charge is 0.163 e. The summed E-state index contributed by atoms with van der Waals surface area (Å²) >= 11 is 0. The molecule has 1 aromatic carbocycles. The first-order valence-corrected chi connectivity index (χ1v) is 10.5. The molecule has 2 aliphatic heterocycles. The molecular weight excluding hydrogens is 356 g/mol. The Morgan fingerprint density at radius 1 is 1.27 bits per heavy atom. The van der Waals surface area contributed by atoms with Gasteiger partial charge < -0.3 is 9.47 Å². The van der Waals surface area contributed by atoms with Gasteiger partial charge in [-0.25, -0.2) is 18.1 Å². The fourth-order valence-electron chi connectivity index (χ4n) is 3.41. The fourth-order valence-corrected chi connectivity index (χ4v) is 5.21. The highest BCUT2D eigenvalue weighted by Crippen LogP contribution is 2.32. The molecule has 4 rings (SSSR count). The number of nitrogens with zero attached hydrogens (tertiary/aromatic N) is 4. The van der Waals surface area contributed by atoms with Crippen molar-refractivity contribution in [3.05, 3.63) is 29.8 Å². The Hall–Kier alpha value is -2.13. The number of ether oxygens (including phenoxy) is 2. The van der Waals surface area contributed by atoms with Crippen molar-refractivity contribution in [2.45, 2.75) is 25.9 Å². The number of aryl methyl sites for hydroxylation is 1. The van der Waals surface area contributed by atoms with E-state index in [-0.39, 0.29) is 17.5 Å². The molecule has 8 nitrogen and oxygen atoms in total. The minimum atomic E-state index is -2.92. The van der Waals surface area contributed by atoms with Crippen molar-refractivity contribution in [2.24, 2.45) is 0 Å². The van der Waals surface area contributed by atoms with Gasteiger partial charge in [0, 0.05) is 12.1 Å². The number of sulfone groups is 1. The summed E-state index contributed by atoms with van der Waals surface area (Å²) in [4.78, 5) is 6.58. The van der Waals surface area contributed by atoms with Gasteiger partial charge in [-0.05, 0) is 32.5 Å². The Morgan fingerprint density at radius 2 is 2.04 bits per heavy atom. The number of benzene rings is 1. The van der Waals surface area contributed by atoms with Gasteiger partial charge in [0.1, 0.15) is 24.9 Å². The minimum absolute atomic E-state index is 0.0192. The third-order valence-corrected chi connectivity index (χ3v) is 6.52. The highest BCUT2D eigenvalue weighted by Gasteiger charge is 2.31. The maximum absolute atomic E-state index is 11.7. The van der Waals surface area contributed by atoms with Crippen LogP contribution in [0.15, 0.2) is 18.2 Å². The van der Waals surface area contributed by atoms with E-state index in [1.165, 1.54) is 0 Å². The van der Waals surface area contributed by atoms with E-state index in [1.807, 2.05) is 37.1 Å². The molecule has 0 spiro atoms. The van der Waals surface area contributed by atoms with Gasteiger partial charge in [-0.3, -0.25) is 4.90 Å². The van der Waals surface area contributed by atoms with E-state index in [4.69, 9.17) is 9.47 Å². The topological polar surface area (TPSA) is 86.6 Å². The fraction of sp³-hybridized carbons (Fsp3) is 0.529. The molecule has 2 aromatic rings. The molecule has 1 unspecified atom stereocenters. The monoisotopic (exact) mass is 378 g/mol. The lowest BCUT2D eigenvalue weighted by Gasteiger charge is -2.23. The van der Waals surface area contributed by atoms with Crippen LogP contribution < -0.4 is 9.47 Å². The molecule has 140 valence electrons. The number of rotatable bonds is 4. The molecule has 0 bridgehead atoms. The number of hydrogen-bond donors (Lipinski definition) is 0. The zero-order valence-electron chi connectivity index (χ0n) is 14.9. The van der Waals surface area contributed by atoms with Crippen LogP contribution in [0.1, 0.15) is 18.1 Å². The Kier molecular flexibility index (Phi) is 4.36. The van der Waals surface area contributed by atoms with Crippen molar-refractivity contribution in [1.29, 1.82) is 0 Å². The van der Waals surface area contributed by atoms with Crippen molar-refractivity contribution in [1.82, 2.24) is 19.7 Å². The predicted molar refractivity (Wildman–Crippen MR) is 95.6 cm³/mol. The van der Waals surface area contributed by atoms with E-state index < -0.39 is 9.84 Å². The normalized spacial score (nSPS) is 21.3. The van der Waals surface area contributed by atoms with E-state index >= 15 is 0 Å². The number of hydrogen-bond acceptors (Lipinski definition) is 7. The largest absolute Gasteiger partial charge is 0.486 e. The molecule has 1 saturated heterocycles. The summed E-state index contributed by atoms with van der Waals surface area (Å²) in [6.07, 6.45) is 0.663. The summed E-state index contributed by atoms with van der Waals surface area (Å²) in [5, 5.41) is 4.50. The second-order valence-corrected chi connectivity index (χ2v) is 9.02. The molecule has 1 fully saturated rings. The van der Waals surface area contributed by atoms with Crippen LogP contribution in [0.2, 0.25) is 0 Å². The van der Waals surface area contributed by atoms with Crippen LogP contribution in [0.4, 0.5) is 0 Å². The SMILES string of the molecule is Cc1nc(CN(C)C2CCS(=O)(=O)C2)n(-c2ccc3c(c2)OCCO3)n1. The molecule has 9 heteroatoms. The summed E-state index contributed by atoms with van der Waals surface area (Å²) < 4.78 is 36.5. The Labute approximate surface area is 152 Å². The second-order valence-electron chi connectivity index (χ2n) is 6.79. The first kappa shape index (κ1) is 17.3. The van der Waals surface area contributed by atoms with Crippen molar-refractivity contribution in [3.8, 4) is 17.2 Å². The molecule has 1 atom stereocenters. The lowest BCUT2D eigenvalue weighted by Crippen LogP contribution is -2.33. The zero-order chi connectivity index (χ0) is 18.3. The average molecular weight is 378 g/mol. The average Bonchev–Trinajstić information content (AvgIpc) is 3.16. The van der Waals surface area contributed by atoms with Crippen LogP contribution in [-0.2, 0) is 16.4 Å². The second kappa shape index (κ2) is 6.55. The standard InChI is InChI=1S/C17H22N4O4S/c1-12-18-17(10-20(2)14-5-8-26(22,23)11-14)21(19-12)13-3-4-15-16(9-13)25-7-6-24-15/h3-4,9,14H,5-8,10-11H2,1-2H3. The van der Waals surface area contributed by atoms with Crippen LogP contribution in [0, 0.1) is 6.92 Å². The van der Waals surface area contributed by atoms with Gasteiger partial charge in [-0.1, -0.05) is 0 Å². The van der Waals surface area contributed by atoms with Gasteiger partial charge in [0.15, 0.2) is 21.3 Å². The van der Waals surface area contributed by atoms with Crippen LogP contribution in [0.3, 0.4) is 0 Å². The number of aromatic nitrogens is 3. The van der Waals surface area contributed by atoms with E-state index in [2.05, 4.69) is 10.1 Å². The van der Waals surface area contributed by atoms with E-state index in [0.29, 0.717) is 37.8 Å². The minimum Gasteiger partial charge on any atom is -0.486 e. The van der Waals surface area contributed by atoms with E-state index in [9.17, 15) is 8.42 Å². The molecule has 0 N–H and O–H groups in total. The van der Waals surface area contributed by atoms with Crippen molar-refractivity contribution in [2.75, 3.05) is 31.8 Å². The van der Waals surface area contributed by atoms with Crippen molar-refractivity contribution in [3.63, 3.8) is 0 Å². The molecule has 3 heterocycles. The summed E-state index contributed by atoms with van der Waals surface area (Å²) in [5.41, 5.74) is 0.845. The van der Waals surface area contributed by atoms with E-state index in [0.717, 1.165) is 17.3 Å². The zero-order valence-corrected chi connectivity index (χ0v) is 15.7. The molecule has 0 saturated carbocycles. The van der Waals surface area contributed by atoms with Gasteiger partial charge in [0.2, 0.25) is 0 Å². The van der Waals surface area contributed by atoms with Crippen molar-refractivity contribution >= 4 is 9.84 Å². The van der Waals surface area contributed by atoms with Crippen LogP contribution >= 0.6 is 0 Å². The summed E-state index contributed by atoms with van der Waals surface area (Å²) in [5.74, 6) is 3.33. The molecule has 0 amide bonds. The lowest BCUT2D eigenvalue weighted by molar-refractivity contribution is 0.171. The first-order valence-electron chi connectivity index (χ1n) is 8.64. The van der Waals surface area contributed by atoms with Gasteiger partial charge in [0.25, 0.3) is 0 Å². The molecule has 2 aliphatic rings. The summed E-state index contributed by atoms with van der Waals surface area (Å²) in [6.45, 7) is 3.45. The maximum Gasteiger partial charge on any atom is 0.163 e. The van der Waals surface area contributed by atoms with Crippen molar-refractivity contribution < 1.29 is 17.9 Å².